The van der Waals surface area contributed by atoms with Gasteiger partial charge in [-0.2, -0.15) is 37.0 Å². The number of rotatable bonds is 15. The Morgan fingerprint density at radius 3 is 2.30 bits per heavy atom. The van der Waals surface area contributed by atoms with Crippen LogP contribution in [0.5, 0.6) is 5.75 Å². The van der Waals surface area contributed by atoms with Crippen LogP contribution in [-0.4, -0.2) is 16.1 Å². The molecule has 334 valence electrons. The summed E-state index contributed by atoms with van der Waals surface area (Å²) < 4.78 is 51.3. The van der Waals surface area contributed by atoms with Crippen molar-refractivity contribution < 1.29 is 32.7 Å². The van der Waals surface area contributed by atoms with Gasteiger partial charge in [0.2, 0.25) is 0 Å². The van der Waals surface area contributed by atoms with Crippen LogP contribution in [0.3, 0.4) is 0 Å². The van der Waals surface area contributed by atoms with Crippen LogP contribution in [-0.2, 0) is 46.9 Å². The average molecular weight is 1050 g/mol. The van der Waals surface area contributed by atoms with Gasteiger partial charge in [-0.3, -0.25) is 0 Å². The molecule has 0 unspecified atom stereocenters. The molecule has 1 aliphatic heterocycles. The zero-order valence-electron chi connectivity index (χ0n) is 42.8. The van der Waals surface area contributed by atoms with E-state index in [0.717, 1.165) is 91.8 Å². The molecular formula is C60H55N4OPt-3. The Morgan fingerprint density at radius 1 is 0.697 bits per heavy atom. The van der Waals surface area contributed by atoms with Gasteiger partial charge in [-0.1, -0.05) is 136 Å². The van der Waals surface area contributed by atoms with E-state index in [1.165, 1.54) is 5.56 Å². The molecule has 66 heavy (non-hydrogen) atoms. The van der Waals surface area contributed by atoms with Crippen LogP contribution >= 0.6 is 0 Å². The predicted octanol–water partition coefficient (Wildman–Crippen LogP) is 14.8. The van der Waals surface area contributed by atoms with Crippen LogP contribution in [0, 0.1) is 30.6 Å². The molecule has 5 nitrogen and oxygen atoms in total. The summed E-state index contributed by atoms with van der Waals surface area (Å²) in [6.45, 7) is 12.0. The van der Waals surface area contributed by atoms with E-state index in [0.29, 0.717) is 42.7 Å². The minimum Gasteiger partial charge on any atom is -0.517 e. The summed E-state index contributed by atoms with van der Waals surface area (Å²) in [4.78, 5) is 9.33. The Hall–Kier alpha value is -6.42. The van der Waals surface area contributed by atoms with Gasteiger partial charge in [0.15, 0.2) is 0 Å². The number of para-hydroxylation sites is 2. The number of nitrogens with zero attached hydrogens (tertiary/aromatic N) is 4. The Balaban J connectivity index is 0.00000624. The maximum Gasteiger partial charge on any atom is 0.135 e. The zero-order chi connectivity index (χ0) is 48.6. The minimum absolute atomic E-state index is 0. The van der Waals surface area contributed by atoms with Crippen LogP contribution in [0.15, 0.2) is 170 Å². The zero-order valence-corrected chi connectivity index (χ0v) is 40.0. The van der Waals surface area contributed by atoms with Gasteiger partial charge < -0.3 is 19.1 Å². The van der Waals surface area contributed by atoms with Crippen molar-refractivity contribution in [2.45, 2.75) is 60.0 Å². The molecule has 0 amide bonds. The first-order valence-corrected chi connectivity index (χ1v) is 22.8. The third-order valence-electron chi connectivity index (χ3n) is 12.1. The summed E-state index contributed by atoms with van der Waals surface area (Å²) in [5.41, 5.74) is 12.6. The summed E-state index contributed by atoms with van der Waals surface area (Å²) in [5.74, 6) is 2.38. The molecule has 0 N–H and O–H groups in total. The molecule has 1 aliphatic rings. The van der Waals surface area contributed by atoms with Gasteiger partial charge in [-0.05, 0) is 119 Å². The SMILES string of the molecule is [2H]c1c([2H])c([2H])c(-c2cccc(CC(C)C)c2CCCN2[CH-]N(c3[c-]c(COc4[c-]c5c(cc4)c4cc(-c6ccccc6)ccc4n5-c4cc(CC(C)C)ccn4)ccc3)c3ccccc32)c([2H])c1[2H].[Pt]. The van der Waals surface area contributed by atoms with Crippen molar-refractivity contribution in [3.8, 4) is 33.8 Å². The van der Waals surface area contributed by atoms with Crippen molar-refractivity contribution in [3.63, 3.8) is 0 Å². The number of benzene rings is 7. The van der Waals surface area contributed by atoms with Crippen molar-refractivity contribution in [1.82, 2.24) is 9.55 Å². The third-order valence-corrected chi connectivity index (χ3v) is 12.1. The number of ether oxygens (including phenoxy) is 1. The fourth-order valence-corrected chi connectivity index (χ4v) is 9.27. The largest absolute Gasteiger partial charge is 0.517 e. The molecule has 0 fully saturated rings. The molecule has 2 aromatic heterocycles. The van der Waals surface area contributed by atoms with E-state index in [1.54, 1.807) is 0 Å². The van der Waals surface area contributed by atoms with E-state index in [4.69, 9.17) is 16.6 Å². The number of pyridine rings is 1. The minimum atomic E-state index is -0.381. The van der Waals surface area contributed by atoms with E-state index < -0.39 is 0 Å². The average Bonchev–Trinajstić information content (AvgIpc) is 3.90. The maximum absolute atomic E-state index is 8.79. The molecule has 0 spiro atoms. The second kappa shape index (κ2) is 20.0. The van der Waals surface area contributed by atoms with Gasteiger partial charge >= 0.3 is 0 Å². The van der Waals surface area contributed by atoms with Gasteiger partial charge in [0.05, 0.1) is 13.5 Å². The van der Waals surface area contributed by atoms with Gasteiger partial charge in [-0.25, -0.2) is 4.98 Å². The van der Waals surface area contributed by atoms with Gasteiger partial charge in [0.1, 0.15) is 5.82 Å². The second-order valence-electron chi connectivity index (χ2n) is 17.8. The topological polar surface area (TPSA) is 33.5 Å². The molecular weight excluding hydrogens is 988 g/mol. The van der Waals surface area contributed by atoms with E-state index in [9.17, 15) is 0 Å². The van der Waals surface area contributed by atoms with E-state index in [-0.39, 0.29) is 56.8 Å². The van der Waals surface area contributed by atoms with Crippen LogP contribution in [0.1, 0.15) is 63.2 Å². The normalized spacial score (nSPS) is 13.4. The van der Waals surface area contributed by atoms with Crippen LogP contribution in [0.4, 0.5) is 17.1 Å². The Labute approximate surface area is 412 Å². The summed E-state index contributed by atoms with van der Waals surface area (Å²) in [6.07, 6.45) is 5.13. The number of hydrogen-bond donors (Lipinski definition) is 0. The third kappa shape index (κ3) is 9.46. The van der Waals surface area contributed by atoms with Crippen molar-refractivity contribution >= 4 is 38.9 Å². The van der Waals surface area contributed by atoms with Crippen molar-refractivity contribution in [2.24, 2.45) is 11.8 Å². The monoisotopic (exact) mass is 1050 g/mol. The first-order chi connectivity index (χ1) is 33.9. The van der Waals surface area contributed by atoms with E-state index in [1.807, 2.05) is 42.6 Å². The van der Waals surface area contributed by atoms with Crippen LogP contribution in [0.25, 0.3) is 49.9 Å². The fraction of sp³-hybridized carbons (Fsp3) is 0.200. The molecule has 0 bridgehead atoms. The molecule has 0 aliphatic carbocycles. The molecule has 6 heteroatoms. The molecule has 3 heterocycles. The molecule has 0 atom stereocenters. The fourth-order valence-electron chi connectivity index (χ4n) is 9.27. The Kier molecular flexibility index (Phi) is 11.8. The van der Waals surface area contributed by atoms with Crippen LogP contribution < -0.4 is 14.5 Å². The molecule has 0 saturated carbocycles. The first-order valence-electron chi connectivity index (χ1n) is 25.3. The summed E-state index contributed by atoms with van der Waals surface area (Å²) in [6, 6.07) is 51.9. The summed E-state index contributed by atoms with van der Waals surface area (Å²) in [7, 11) is 0. The first kappa shape index (κ1) is 38.8. The van der Waals surface area contributed by atoms with Gasteiger partial charge in [0.25, 0.3) is 0 Å². The van der Waals surface area contributed by atoms with Crippen LogP contribution in [0.2, 0.25) is 0 Å². The summed E-state index contributed by atoms with van der Waals surface area (Å²) >= 11 is 0. The number of fused-ring (bicyclic) bond motifs is 4. The van der Waals surface area contributed by atoms with E-state index >= 15 is 0 Å². The molecule has 10 rings (SSSR count). The number of hydrogen-bond acceptors (Lipinski definition) is 4. The quantitative estimate of drug-likeness (QED) is 0.0958. The smallest absolute Gasteiger partial charge is 0.135 e. The van der Waals surface area contributed by atoms with Crippen molar-refractivity contribution in [2.75, 3.05) is 16.3 Å². The predicted molar refractivity (Wildman–Crippen MR) is 270 cm³/mol. The number of anilines is 3. The molecule has 9 aromatic rings. The molecule has 7 aromatic carbocycles. The molecule has 0 radical (unpaired) electrons. The Bertz CT molecular complexity index is 3360. The van der Waals surface area contributed by atoms with E-state index in [2.05, 4.69) is 158 Å². The number of aromatic nitrogens is 2. The van der Waals surface area contributed by atoms with Gasteiger partial charge in [0, 0.05) is 49.9 Å². The summed E-state index contributed by atoms with van der Waals surface area (Å²) in [5, 5.41) is 2.20. The van der Waals surface area contributed by atoms with Crippen molar-refractivity contribution in [1.29, 1.82) is 0 Å². The second-order valence-corrected chi connectivity index (χ2v) is 17.8. The van der Waals surface area contributed by atoms with Crippen molar-refractivity contribution in [3.05, 3.63) is 211 Å². The maximum atomic E-state index is 8.79. The molecule has 0 saturated heterocycles. The standard InChI is InChI=1S/C60H55N4O.Pt/c1-42(2)34-44-31-32-61-60(37-44)64-56-30-27-48(46-17-7-5-8-18-46)38-55(56)54-29-28-51(39-59(54)64)65-40-45-16-13-22-50(36-45)63-41-62(57-25-11-12-26-58(57)63)33-15-24-53-49(35-43(3)4)21-14-23-52(53)47-19-9-6-10-20-47;/h5-14,16-23,25-32,37-38,41-43H,15,24,33-35,40H2,1-4H3;/q-3;/i6D,9D,10D,19D,20D;. The van der Waals surface area contributed by atoms with Gasteiger partial charge in [-0.15, -0.1) is 28.8 Å². The Morgan fingerprint density at radius 2 is 1.48 bits per heavy atom.